The Balaban J connectivity index is 0. The molecule has 31 heavy (non-hydrogen) atoms. The molecule has 0 aliphatic carbocycles. The van der Waals surface area contributed by atoms with Crippen molar-refractivity contribution in [1.82, 2.24) is 5.32 Å². The van der Waals surface area contributed by atoms with Gasteiger partial charge in [0.05, 0.1) is 26.7 Å². The summed E-state index contributed by atoms with van der Waals surface area (Å²) in [5, 5.41) is 16.7. The molecule has 0 bridgehead atoms. The highest BCUT2D eigenvalue weighted by Crippen LogP contribution is 2.16. The summed E-state index contributed by atoms with van der Waals surface area (Å²) in [5.74, 6) is 0. The molecule has 0 radical (unpaired) electrons. The van der Waals surface area contributed by atoms with Crippen molar-refractivity contribution in [2.45, 2.75) is 136 Å². The Morgan fingerprint density at radius 2 is 0.742 bits per heavy atom. The molecule has 4 nitrogen and oxygen atoms in total. The Hall–Kier alpha value is -1.26. The number of nitrogens with one attached hydrogen (secondary N) is 1. The fourth-order valence-electron chi connectivity index (χ4n) is 4.18. The van der Waals surface area contributed by atoms with Gasteiger partial charge in [0.25, 0.3) is 0 Å². The molecule has 0 aromatic heterocycles. The minimum Gasteiger partial charge on any atom is -0.326 e. The topological polar surface area (TPSA) is 59.6 Å². The van der Waals surface area contributed by atoms with Gasteiger partial charge in [-0.3, -0.25) is 0 Å². The highest BCUT2D eigenvalue weighted by Gasteiger charge is 2.20. The van der Waals surface area contributed by atoms with E-state index in [0.717, 1.165) is 0 Å². The molecule has 0 saturated heterocycles. The molecule has 0 unspecified atom stereocenters. The number of nitriles is 2. The number of hydrogen-bond donors (Lipinski definition) is 1. The number of rotatable bonds is 21. The summed E-state index contributed by atoms with van der Waals surface area (Å²) in [6, 6.07) is 0. The first-order valence-electron chi connectivity index (χ1n) is 13.5. The zero-order valence-corrected chi connectivity index (χ0v) is 21.7. The molecule has 0 rings (SSSR count). The fraction of sp³-hybridized carbons (Fsp3) is 0.926. The van der Waals surface area contributed by atoms with E-state index < -0.39 is 0 Å². The third-order valence-electron chi connectivity index (χ3n) is 6.27. The van der Waals surface area contributed by atoms with Gasteiger partial charge in [0.2, 0.25) is 0 Å². The molecular weight excluding hydrogens is 380 g/mol. The summed E-state index contributed by atoms with van der Waals surface area (Å²) in [7, 11) is 2.56. The third kappa shape index (κ3) is 26.7. The predicted octanol–water partition coefficient (Wildman–Crippen LogP) is 8.05. The maximum atomic E-state index is 7.48. The van der Waals surface area contributed by atoms with Crippen LogP contribution in [0.3, 0.4) is 0 Å². The van der Waals surface area contributed by atoms with Crippen molar-refractivity contribution in [3.05, 3.63) is 0 Å². The van der Waals surface area contributed by atoms with Crippen molar-refractivity contribution in [3.63, 3.8) is 0 Å². The molecule has 4 heteroatoms. The predicted molar refractivity (Wildman–Crippen MR) is 135 cm³/mol. The molecule has 0 atom stereocenters. The van der Waals surface area contributed by atoms with Gasteiger partial charge in [0.1, 0.15) is 0 Å². The van der Waals surface area contributed by atoms with Crippen LogP contribution in [0.4, 0.5) is 0 Å². The summed E-state index contributed by atoms with van der Waals surface area (Å²) in [6.45, 7) is 11.2. The number of hydrogen-bond acceptors (Lipinski definition) is 3. The molecule has 0 aliphatic rings. The second-order valence-corrected chi connectivity index (χ2v) is 9.44. The van der Waals surface area contributed by atoms with E-state index in [9.17, 15) is 0 Å². The van der Waals surface area contributed by atoms with Gasteiger partial charge in [0.15, 0.2) is 12.4 Å². The molecule has 0 aromatic rings. The number of unbranched alkanes of at least 4 members (excludes halogenated alkanes) is 15. The van der Waals surface area contributed by atoms with Crippen LogP contribution in [0.25, 0.3) is 0 Å². The first-order valence-corrected chi connectivity index (χ1v) is 13.5. The Morgan fingerprint density at radius 3 is 0.968 bits per heavy atom. The zero-order valence-electron chi connectivity index (χ0n) is 21.7. The molecule has 0 heterocycles. The summed E-state index contributed by atoms with van der Waals surface area (Å²) in [6.07, 6.45) is 28.7. The minimum absolute atomic E-state index is 1.36. The van der Waals surface area contributed by atoms with Gasteiger partial charge in [-0.1, -0.05) is 97.8 Å². The smallest absolute Gasteiger partial charge is 0.190 e. The fourth-order valence-corrected chi connectivity index (χ4v) is 4.18. The van der Waals surface area contributed by atoms with Gasteiger partial charge in [-0.05, 0) is 38.5 Å². The van der Waals surface area contributed by atoms with Crippen LogP contribution in [0.2, 0.25) is 0 Å². The van der Waals surface area contributed by atoms with E-state index in [1.165, 1.54) is 152 Å². The minimum atomic E-state index is 1.36. The molecule has 0 amide bonds. The van der Waals surface area contributed by atoms with E-state index in [2.05, 4.69) is 27.8 Å². The van der Waals surface area contributed by atoms with Crippen LogP contribution >= 0.6 is 0 Å². The first kappa shape index (κ1) is 31.9. The van der Waals surface area contributed by atoms with E-state index >= 15 is 0 Å². The van der Waals surface area contributed by atoms with E-state index in [4.69, 9.17) is 10.5 Å². The van der Waals surface area contributed by atoms with Crippen molar-refractivity contribution >= 4 is 0 Å². The molecule has 0 spiro atoms. The molecular formula is C27H55N4+. The third-order valence-corrected chi connectivity index (χ3v) is 6.27. The lowest BCUT2D eigenvalue weighted by Gasteiger charge is -2.35. The Kier molecular flexibility index (Phi) is 27.6. The van der Waals surface area contributed by atoms with Crippen LogP contribution in [0.1, 0.15) is 136 Å². The van der Waals surface area contributed by atoms with Gasteiger partial charge >= 0.3 is 0 Å². The van der Waals surface area contributed by atoms with Crippen molar-refractivity contribution in [3.8, 4) is 12.4 Å². The summed E-state index contributed by atoms with van der Waals surface area (Å²) >= 11 is 0. The van der Waals surface area contributed by atoms with Crippen LogP contribution in [0, 0.1) is 22.9 Å². The molecule has 0 aliphatic heterocycles. The van der Waals surface area contributed by atoms with E-state index in [1.54, 1.807) is 5.32 Å². The standard InChI is InChI=1S/C25H54N.C2HN3/c1-5-8-11-14-17-20-23-26(4,24-21-18-15-12-9-6-2)25-22-19-16-13-10-7-3;3-1-5-2-4/h5-25H2,1-4H3;5H/q+1;. The average Bonchev–Trinajstić information content (AvgIpc) is 2.77. The van der Waals surface area contributed by atoms with Crippen LogP contribution in [-0.2, 0) is 0 Å². The quantitative estimate of drug-likeness (QED) is 0.0858. The Bertz CT molecular complexity index is 369. The zero-order chi connectivity index (χ0) is 23.5. The maximum Gasteiger partial charge on any atom is 0.190 e. The van der Waals surface area contributed by atoms with Gasteiger partial charge < -0.3 is 4.48 Å². The van der Waals surface area contributed by atoms with Gasteiger partial charge in [0, 0.05) is 0 Å². The van der Waals surface area contributed by atoms with Gasteiger partial charge in [-0.15, -0.1) is 0 Å². The highest BCUT2D eigenvalue weighted by atomic mass is 15.3. The highest BCUT2D eigenvalue weighted by molar-refractivity contribution is 4.77. The molecule has 182 valence electrons. The summed E-state index contributed by atoms with van der Waals surface area (Å²) in [5.41, 5.74) is 0. The summed E-state index contributed by atoms with van der Waals surface area (Å²) < 4.78 is 1.36. The van der Waals surface area contributed by atoms with Crippen molar-refractivity contribution < 1.29 is 4.48 Å². The number of quaternary nitrogens is 1. The molecule has 0 saturated carbocycles. The lowest BCUT2D eigenvalue weighted by molar-refractivity contribution is -0.910. The van der Waals surface area contributed by atoms with Crippen LogP contribution < -0.4 is 5.32 Å². The summed E-state index contributed by atoms with van der Waals surface area (Å²) in [4.78, 5) is 0. The number of nitrogens with zero attached hydrogens (tertiary/aromatic N) is 3. The first-order chi connectivity index (χ1) is 15.1. The monoisotopic (exact) mass is 435 g/mol. The second-order valence-electron chi connectivity index (χ2n) is 9.44. The van der Waals surface area contributed by atoms with Crippen molar-refractivity contribution in [1.29, 1.82) is 10.5 Å². The van der Waals surface area contributed by atoms with Crippen LogP contribution in [-0.4, -0.2) is 31.2 Å². The Morgan fingerprint density at radius 1 is 0.484 bits per heavy atom. The Labute approximate surface area is 196 Å². The van der Waals surface area contributed by atoms with Gasteiger partial charge in [-0.25, -0.2) is 5.32 Å². The van der Waals surface area contributed by atoms with Crippen LogP contribution in [0.15, 0.2) is 0 Å². The normalized spacial score (nSPS) is 10.6. The van der Waals surface area contributed by atoms with E-state index in [1.807, 2.05) is 0 Å². The van der Waals surface area contributed by atoms with Crippen LogP contribution in [0.5, 0.6) is 0 Å². The molecule has 0 aromatic carbocycles. The average molecular weight is 436 g/mol. The lowest BCUT2D eigenvalue weighted by atomic mass is 10.1. The van der Waals surface area contributed by atoms with E-state index in [-0.39, 0.29) is 0 Å². The largest absolute Gasteiger partial charge is 0.326 e. The van der Waals surface area contributed by atoms with Crippen molar-refractivity contribution in [2.24, 2.45) is 0 Å². The van der Waals surface area contributed by atoms with E-state index in [0.29, 0.717) is 0 Å². The molecule has 0 fully saturated rings. The SMILES string of the molecule is CCCCCCCC[N+](C)(CCCCCCCC)CCCCCCCC.N#CNC#N. The van der Waals surface area contributed by atoms with Gasteiger partial charge in [-0.2, -0.15) is 10.5 Å². The molecule has 1 N–H and O–H groups in total. The maximum absolute atomic E-state index is 7.48. The lowest BCUT2D eigenvalue weighted by Crippen LogP contribution is -2.46. The van der Waals surface area contributed by atoms with Crippen molar-refractivity contribution in [2.75, 3.05) is 26.7 Å². The second kappa shape index (κ2) is 26.8.